The summed E-state index contributed by atoms with van der Waals surface area (Å²) in [6, 6.07) is 0. The lowest BCUT2D eigenvalue weighted by Gasteiger charge is -2.27. The lowest BCUT2D eigenvalue weighted by Crippen LogP contribution is -2.42. The number of hydrogen-bond donors (Lipinski definition) is 2. The molecule has 0 aliphatic carbocycles. The second kappa shape index (κ2) is 8.75. The van der Waals surface area contributed by atoms with Gasteiger partial charge in [0.05, 0.1) is 11.3 Å². The summed E-state index contributed by atoms with van der Waals surface area (Å²) < 4.78 is 6.36. The summed E-state index contributed by atoms with van der Waals surface area (Å²) in [4.78, 5) is 19.5. The fraction of sp³-hybridized carbons (Fsp3) is 0.474. The van der Waals surface area contributed by atoms with Crippen molar-refractivity contribution in [3.63, 3.8) is 0 Å². The van der Waals surface area contributed by atoms with E-state index in [4.69, 9.17) is 10.5 Å². The fourth-order valence-electron chi connectivity index (χ4n) is 3.12. The Balaban J connectivity index is 1.75. The summed E-state index contributed by atoms with van der Waals surface area (Å²) >= 11 is 3.35. The van der Waals surface area contributed by atoms with Crippen molar-refractivity contribution in [3.05, 3.63) is 46.1 Å². The number of nitrogens with one attached hydrogen (secondary N) is 1. The van der Waals surface area contributed by atoms with Gasteiger partial charge in [-0.1, -0.05) is 20.3 Å². The Kier molecular flexibility index (Phi) is 6.38. The van der Waals surface area contributed by atoms with E-state index < -0.39 is 0 Å². The number of hydrogen-bond acceptors (Lipinski definition) is 6. The fourth-order valence-corrected chi connectivity index (χ4v) is 3.49. The van der Waals surface area contributed by atoms with E-state index in [1.165, 1.54) is 0 Å². The molecule has 0 radical (unpaired) electrons. The topological polar surface area (TPSA) is 83.2 Å². The largest absolute Gasteiger partial charge is 0.451 e. The molecular formula is C19H26BrN5O2. The first-order valence-electron chi connectivity index (χ1n) is 9.38. The van der Waals surface area contributed by atoms with E-state index >= 15 is 0 Å². The smallest absolute Gasteiger partial charge is 0.255 e. The van der Waals surface area contributed by atoms with Gasteiger partial charge in [0, 0.05) is 19.3 Å². The van der Waals surface area contributed by atoms with Gasteiger partial charge in [-0.3, -0.25) is 9.80 Å². The maximum absolute atomic E-state index is 13.0. The van der Waals surface area contributed by atoms with Crippen LogP contribution in [0.3, 0.4) is 0 Å². The molecule has 0 spiro atoms. The number of halogens is 1. The van der Waals surface area contributed by atoms with E-state index in [1.807, 2.05) is 17.1 Å². The van der Waals surface area contributed by atoms with Gasteiger partial charge in [0.1, 0.15) is 5.76 Å². The standard InChI is InChI=1S/C19H26BrN5O2/c1-3-5-10-24(9-4-2)19(26)13-11-14(21)18-22-17(23-25(18)12-13)15-7-6-8-16(20)27-15/h7-8,11-12,17,23H,3-6,9-10,21H2,1-2H3. The molecule has 1 unspecified atom stereocenters. The second-order valence-electron chi connectivity index (χ2n) is 6.64. The van der Waals surface area contributed by atoms with E-state index in [0.717, 1.165) is 38.8 Å². The summed E-state index contributed by atoms with van der Waals surface area (Å²) in [5.74, 6) is 1.30. The summed E-state index contributed by atoms with van der Waals surface area (Å²) in [5.41, 5.74) is 10.5. The molecular weight excluding hydrogens is 410 g/mol. The number of amides is 1. The molecule has 0 fully saturated rings. The average molecular weight is 436 g/mol. The summed E-state index contributed by atoms with van der Waals surface area (Å²) in [5, 5.41) is 1.72. The van der Waals surface area contributed by atoms with Gasteiger partial charge in [-0.25, -0.2) is 4.99 Å². The first kappa shape index (κ1) is 19.7. The van der Waals surface area contributed by atoms with Gasteiger partial charge in [-0.05, 0) is 53.4 Å². The second-order valence-corrected chi connectivity index (χ2v) is 7.42. The number of unbranched alkanes of at least 4 members (excludes halogenated alkanes) is 1. The number of ether oxygens (including phenoxy) is 1. The molecule has 0 aromatic heterocycles. The highest BCUT2D eigenvalue weighted by molar-refractivity contribution is 9.11. The molecule has 3 N–H and O–H groups in total. The number of fused-ring (bicyclic) bond motifs is 1. The van der Waals surface area contributed by atoms with E-state index in [-0.39, 0.29) is 12.1 Å². The van der Waals surface area contributed by atoms with Crippen molar-refractivity contribution in [3.8, 4) is 0 Å². The molecule has 0 aromatic carbocycles. The van der Waals surface area contributed by atoms with Gasteiger partial charge < -0.3 is 15.4 Å². The van der Waals surface area contributed by atoms with Crippen LogP contribution >= 0.6 is 15.9 Å². The van der Waals surface area contributed by atoms with Crippen molar-refractivity contribution in [2.45, 2.75) is 45.7 Å². The minimum Gasteiger partial charge on any atom is -0.451 e. The van der Waals surface area contributed by atoms with Crippen molar-refractivity contribution < 1.29 is 9.53 Å². The van der Waals surface area contributed by atoms with Crippen LogP contribution in [0, 0.1) is 0 Å². The van der Waals surface area contributed by atoms with Crippen LogP contribution in [0.25, 0.3) is 0 Å². The quantitative estimate of drug-likeness (QED) is 0.642. The zero-order valence-electron chi connectivity index (χ0n) is 15.7. The normalized spacial score (nSPS) is 21.4. The highest BCUT2D eigenvalue weighted by Crippen LogP contribution is 2.27. The minimum absolute atomic E-state index is 0.00337. The molecule has 3 rings (SSSR count). The monoisotopic (exact) mass is 435 g/mol. The molecule has 0 saturated carbocycles. The first-order valence-corrected chi connectivity index (χ1v) is 10.2. The SMILES string of the molecule is CCCCN(CCC)C(=O)C1=CN2NC(C3=CCC=C(Br)O3)N=C2C(N)=C1. The van der Waals surface area contributed by atoms with Crippen LogP contribution in [-0.2, 0) is 9.53 Å². The Hall–Kier alpha value is -2.06. The van der Waals surface area contributed by atoms with Crippen molar-refractivity contribution in [2.75, 3.05) is 13.1 Å². The molecule has 1 amide bonds. The highest BCUT2D eigenvalue weighted by atomic mass is 79.9. The van der Waals surface area contributed by atoms with Gasteiger partial charge in [-0.2, -0.15) is 5.43 Å². The number of allylic oxidation sites excluding steroid dienone is 2. The van der Waals surface area contributed by atoms with Crippen LogP contribution < -0.4 is 11.2 Å². The predicted molar refractivity (Wildman–Crippen MR) is 109 cm³/mol. The van der Waals surface area contributed by atoms with Crippen LogP contribution in [0.1, 0.15) is 39.5 Å². The number of rotatable bonds is 7. The Morgan fingerprint density at radius 2 is 2.22 bits per heavy atom. The molecule has 0 aromatic rings. The van der Waals surface area contributed by atoms with Gasteiger partial charge >= 0.3 is 0 Å². The van der Waals surface area contributed by atoms with Crippen LogP contribution in [0.15, 0.2) is 51.1 Å². The van der Waals surface area contributed by atoms with Crippen molar-refractivity contribution in [2.24, 2.45) is 10.7 Å². The minimum atomic E-state index is -0.370. The molecule has 7 nitrogen and oxygen atoms in total. The van der Waals surface area contributed by atoms with Crippen LogP contribution in [0.4, 0.5) is 0 Å². The number of nitrogens with two attached hydrogens (primary N) is 1. The molecule has 3 heterocycles. The molecule has 8 heteroatoms. The van der Waals surface area contributed by atoms with Gasteiger partial charge in [0.25, 0.3) is 5.91 Å². The van der Waals surface area contributed by atoms with Gasteiger partial charge in [0.15, 0.2) is 16.7 Å². The van der Waals surface area contributed by atoms with E-state index in [0.29, 0.717) is 27.5 Å². The number of hydrazine groups is 1. The summed E-state index contributed by atoms with van der Waals surface area (Å²) in [7, 11) is 0. The highest BCUT2D eigenvalue weighted by Gasteiger charge is 2.33. The Labute approximate surface area is 168 Å². The Bertz CT molecular complexity index is 753. The van der Waals surface area contributed by atoms with Crippen molar-refractivity contribution >= 4 is 27.7 Å². The Morgan fingerprint density at radius 3 is 2.93 bits per heavy atom. The van der Waals surface area contributed by atoms with Gasteiger partial charge in [-0.15, -0.1) is 0 Å². The zero-order chi connectivity index (χ0) is 19.4. The summed E-state index contributed by atoms with van der Waals surface area (Å²) in [6.07, 6.45) is 10.7. The first-order chi connectivity index (χ1) is 13.0. The average Bonchev–Trinajstić information content (AvgIpc) is 3.09. The third-order valence-corrected chi connectivity index (χ3v) is 4.96. The molecule has 3 aliphatic heterocycles. The molecule has 146 valence electrons. The van der Waals surface area contributed by atoms with Crippen LogP contribution in [0.2, 0.25) is 0 Å². The lowest BCUT2D eigenvalue weighted by atomic mass is 10.1. The number of aliphatic imine (C=N–C) groups is 1. The number of amidine groups is 1. The van der Waals surface area contributed by atoms with E-state index in [9.17, 15) is 4.79 Å². The third kappa shape index (κ3) is 4.44. The number of carbonyl (C=O) groups excluding carboxylic acids is 1. The van der Waals surface area contributed by atoms with Crippen LogP contribution in [0.5, 0.6) is 0 Å². The predicted octanol–water partition coefficient (Wildman–Crippen LogP) is 2.85. The number of carbonyl (C=O) groups is 1. The molecule has 0 bridgehead atoms. The molecule has 1 atom stereocenters. The van der Waals surface area contributed by atoms with Crippen LogP contribution in [-0.4, -0.2) is 40.9 Å². The molecule has 3 aliphatic rings. The Morgan fingerprint density at radius 1 is 1.41 bits per heavy atom. The van der Waals surface area contributed by atoms with Crippen molar-refractivity contribution in [1.29, 1.82) is 0 Å². The lowest BCUT2D eigenvalue weighted by molar-refractivity contribution is -0.127. The maximum Gasteiger partial charge on any atom is 0.255 e. The van der Waals surface area contributed by atoms with E-state index in [1.54, 1.807) is 17.3 Å². The summed E-state index contributed by atoms with van der Waals surface area (Å²) in [6.45, 7) is 5.70. The molecule has 0 saturated heterocycles. The maximum atomic E-state index is 13.0. The number of nitrogens with zero attached hydrogens (tertiary/aromatic N) is 3. The zero-order valence-corrected chi connectivity index (χ0v) is 17.3. The van der Waals surface area contributed by atoms with E-state index in [2.05, 4.69) is 40.2 Å². The third-order valence-electron chi connectivity index (χ3n) is 4.47. The van der Waals surface area contributed by atoms with Crippen molar-refractivity contribution in [1.82, 2.24) is 15.3 Å². The van der Waals surface area contributed by atoms with Gasteiger partial charge in [0.2, 0.25) is 0 Å². The molecule has 27 heavy (non-hydrogen) atoms.